The highest BCUT2D eigenvalue weighted by molar-refractivity contribution is 7.19. The first kappa shape index (κ1) is 17.9. The topological polar surface area (TPSA) is 111 Å². The van der Waals surface area contributed by atoms with Gasteiger partial charge in [0.25, 0.3) is 5.91 Å². The Morgan fingerprint density at radius 1 is 1.23 bits per heavy atom. The number of rotatable bonds is 5. The maximum Gasteiger partial charge on any atom is 0.341 e. The third-order valence-corrected chi connectivity index (χ3v) is 5.28. The lowest BCUT2D eigenvalue weighted by atomic mass is 10.1. The number of methoxy groups -OCH3 is 1. The molecule has 1 saturated carbocycles. The van der Waals surface area contributed by atoms with Crippen molar-refractivity contribution < 1.29 is 19.1 Å². The van der Waals surface area contributed by atoms with Crippen LogP contribution in [0, 0.1) is 12.8 Å². The van der Waals surface area contributed by atoms with E-state index in [4.69, 9.17) is 10.5 Å². The van der Waals surface area contributed by atoms with Crippen LogP contribution in [0.5, 0.6) is 0 Å². The molecule has 7 nitrogen and oxygen atoms in total. The van der Waals surface area contributed by atoms with E-state index in [2.05, 4.69) is 10.6 Å². The Bertz CT molecular complexity index is 887. The average molecular weight is 373 g/mol. The molecule has 4 N–H and O–H groups in total. The molecule has 0 saturated heterocycles. The number of esters is 1. The van der Waals surface area contributed by atoms with Crippen molar-refractivity contribution in [3.05, 3.63) is 40.3 Å². The van der Waals surface area contributed by atoms with Crippen molar-refractivity contribution >= 4 is 45.5 Å². The first-order valence-electron chi connectivity index (χ1n) is 8.10. The lowest BCUT2D eigenvalue weighted by molar-refractivity contribution is -0.117. The largest absolute Gasteiger partial charge is 0.465 e. The number of carbonyl (C=O) groups excluding carboxylic acids is 3. The molecule has 1 aliphatic carbocycles. The van der Waals surface area contributed by atoms with Gasteiger partial charge in [0.05, 0.1) is 17.6 Å². The molecule has 0 spiro atoms. The average Bonchev–Trinajstić information content (AvgIpc) is 3.39. The molecular weight excluding hydrogens is 354 g/mol. The second-order valence-corrected chi connectivity index (χ2v) is 7.12. The van der Waals surface area contributed by atoms with Crippen molar-refractivity contribution in [2.75, 3.05) is 23.5 Å². The minimum atomic E-state index is -0.590. The first-order valence-corrected chi connectivity index (χ1v) is 8.91. The van der Waals surface area contributed by atoms with Gasteiger partial charge < -0.3 is 21.1 Å². The van der Waals surface area contributed by atoms with Crippen molar-refractivity contribution in [3.63, 3.8) is 0 Å². The molecule has 2 amide bonds. The Morgan fingerprint density at radius 2 is 1.96 bits per heavy atom. The van der Waals surface area contributed by atoms with Crippen molar-refractivity contribution in [1.82, 2.24) is 0 Å². The minimum Gasteiger partial charge on any atom is -0.465 e. The number of nitrogens with two attached hydrogens (primary N) is 1. The number of hydrogen-bond acceptors (Lipinski definition) is 6. The third-order valence-electron chi connectivity index (χ3n) is 4.07. The van der Waals surface area contributed by atoms with E-state index in [0.717, 1.165) is 24.2 Å². The Kier molecular flexibility index (Phi) is 4.94. The summed E-state index contributed by atoms with van der Waals surface area (Å²) < 4.78 is 4.81. The number of ether oxygens (including phenoxy) is 1. The summed E-state index contributed by atoms with van der Waals surface area (Å²) in [6.07, 6.45) is 1.68. The van der Waals surface area contributed by atoms with Crippen LogP contribution < -0.4 is 16.4 Å². The van der Waals surface area contributed by atoms with Gasteiger partial charge in [-0.05, 0) is 43.5 Å². The molecule has 8 heteroatoms. The van der Waals surface area contributed by atoms with E-state index in [-0.39, 0.29) is 23.3 Å². The number of amides is 2. The van der Waals surface area contributed by atoms with Gasteiger partial charge in [-0.25, -0.2) is 4.79 Å². The van der Waals surface area contributed by atoms with Crippen LogP contribution in [-0.4, -0.2) is 24.9 Å². The van der Waals surface area contributed by atoms with Crippen molar-refractivity contribution in [1.29, 1.82) is 0 Å². The van der Waals surface area contributed by atoms with E-state index in [1.165, 1.54) is 7.11 Å². The molecular formula is C18H19N3O4S. The zero-order chi connectivity index (χ0) is 18.8. The highest BCUT2D eigenvalue weighted by Crippen LogP contribution is 2.37. The fourth-order valence-corrected chi connectivity index (χ4v) is 3.62. The summed E-state index contributed by atoms with van der Waals surface area (Å²) in [5, 5.41) is 5.84. The van der Waals surface area contributed by atoms with Gasteiger partial charge >= 0.3 is 5.97 Å². The van der Waals surface area contributed by atoms with Crippen LogP contribution in [0.15, 0.2) is 24.3 Å². The SMILES string of the molecule is COC(=O)c1c(NC(=O)C2CC2)sc(C(=O)Nc2cccc(N)c2)c1C. The van der Waals surface area contributed by atoms with Gasteiger partial charge in [-0.1, -0.05) is 6.07 Å². The van der Waals surface area contributed by atoms with Gasteiger partial charge in [-0.15, -0.1) is 11.3 Å². The molecule has 0 bridgehead atoms. The summed E-state index contributed by atoms with van der Waals surface area (Å²) >= 11 is 1.06. The molecule has 1 aliphatic rings. The van der Waals surface area contributed by atoms with Gasteiger partial charge in [0.2, 0.25) is 5.91 Å². The molecule has 26 heavy (non-hydrogen) atoms. The Morgan fingerprint density at radius 3 is 2.58 bits per heavy atom. The van der Waals surface area contributed by atoms with Crippen LogP contribution in [0.3, 0.4) is 0 Å². The predicted molar refractivity (Wildman–Crippen MR) is 101 cm³/mol. The van der Waals surface area contributed by atoms with E-state index < -0.39 is 5.97 Å². The highest BCUT2D eigenvalue weighted by atomic mass is 32.1. The number of thiophene rings is 1. The molecule has 136 valence electrons. The summed E-state index contributed by atoms with van der Waals surface area (Å²) in [4.78, 5) is 37.2. The number of carbonyl (C=O) groups is 3. The summed E-state index contributed by atoms with van der Waals surface area (Å²) in [5.41, 5.74) is 7.47. The van der Waals surface area contributed by atoms with Crippen LogP contribution in [0.2, 0.25) is 0 Å². The second-order valence-electron chi connectivity index (χ2n) is 6.10. The maximum atomic E-state index is 12.6. The van der Waals surface area contributed by atoms with Crippen molar-refractivity contribution in [2.45, 2.75) is 19.8 Å². The maximum absolute atomic E-state index is 12.6. The Hall–Kier alpha value is -2.87. The Balaban J connectivity index is 1.90. The van der Waals surface area contributed by atoms with Crippen LogP contribution in [0.4, 0.5) is 16.4 Å². The second kappa shape index (κ2) is 7.17. The van der Waals surface area contributed by atoms with E-state index in [1.54, 1.807) is 31.2 Å². The van der Waals surface area contributed by atoms with Crippen molar-refractivity contribution in [2.24, 2.45) is 5.92 Å². The molecule has 0 atom stereocenters. The van der Waals surface area contributed by atoms with Gasteiger partial charge in [0.15, 0.2) is 0 Å². The standard InChI is InChI=1S/C18H19N3O4S/c1-9-13(18(24)25-2)17(21-15(22)10-6-7-10)26-14(9)16(23)20-12-5-3-4-11(19)8-12/h3-5,8,10H,6-7,19H2,1-2H3,(H,20,23)(H,21,22). The van der Waals surface area contributed by atoms with Crippen LogP contribution in [-0.2, 0) is 9.53 Å². The molecule has 2 aromatic rings. The molecule has 0 aliphatic heterocycles. The quantitative estimate of drug-likeness (QED) is 0.551. The van der Waals surface area contributed by atoms with E-state index in [1.807, 2.05) is 0 Å². The molecule has 0 unspecified atom stereocenters. The minimum absolute atomic E-state index is 0.0209. The molecule has 1 fully saturated rings. The zero-order valence-corrected chi connectivity index (χ0v) is 15.2. The number of anilines is 3. The van der Waals surface area contributed by atoms with Gasteiger partial charge in [-0.2, -0.15) is 0 Å². The summed E-state index contributed by atoms with van der Waals surface area (Å²) in [5.74, 6) is -1.13. The molecule has 1 aromatic carbocycles. The normalized spacial score (nSPS) is 13.2. The lowest BCUT2D eigenvalue weighted by Crippen LogP contribution is -2.15. The fraction of sp³-hybridized carbons (Fsp3) is 0.278. The smallest absolute Gasteiger partial charge is 0.341 e. The molecule has 1 aromatic heterocycles. The Labute approximate surface area is 154 Å². The van der Waals surface area contributed by atoms with Crippen LogP contribution in [0.1, 0.15) is 38.4 Å². The lowest BCUT2D eigenvalue weighted by Gasteiger charge is -2.05. The van der Waals surface area contributed by atoms with Crippen molar-refractivity contribution in [3.8, 4) is 0 Å². The monoisotopic (exact) mass is 373 g/mol. The van der Waals surface area contributed by atoms with E-state index in [0.29, 0.717) is 26.8 Å². The van der Waals surface area contributed by atoms with E-state index >= 15 is 0 Å². The highest BCUT2D eigenvalue weighted by Gasteiger charge is 2.32. The molecule has 1 heterocycles. The number of benzene rings is 1. The number of hydrogen-bond donors (Lipinski definition) is 3. The van der Waals surface area contributed by atoms with Gasteiger partial charge in [0, 0.05) is 17.3 Å². The summed E-state index contributed by atoms with van der Waals surface area (Å²) in [6.45, 7) is 1.66. The third kappa shape index (κ3) is 3.70. The summed E-state index contributed by atoms with van der Waals surface area (Å²) in [7, 11) is 1.26. The fourth-order valence-electron chi connectivity index (χ4n) is 2.53. The van der Waals surface area contributed by atoms with Crippen LogP contribution >= 0.6 is 11.3 Å². The van der Waals surface area contributed by atoms with Gasteiger partial charge in [-0.3, -0.25) is 9.59 Å². The molecule has 0 radical (unpaired) electrons. The zero-order valence-electron chi connectivity index (χ0n) is 14.4. The number of nitrogen functional groups attached to an aromatic ring is 1. The first-order chi connectivity index (χ1) is 12.4. The van der Waals surface area contributed by atoms with Crippen LogP contribution in [0.25, 0.3) is 0 Å². The predicted octanol–water partition coefficient (Wildman–Crippen LogP) is 3.03. The molecule has 3 rings (SSSR count). The number of nitrogens with one attached hydrogen (secondary N) is 2. The summed E-state index contributed by atoms with van der Waals surface area (Å²) in [6, 6.07) is 6.80. The van der Waals surface area contributed by atoms with Gasteiger partial charge in [0.1, 0.15) is 5.00 Å². The van der Waals surface area contributed by atoms with E-state index in [9.17, 15) is 14.4 Å².